The number of imidazole rings is 1. The fourth-order valence-corrected chi connectivity index (χ4v) is 5.02. The summed E-state index contributed by atoms with van der Waals surface area (Å²) in [6.07, 6.45) is 5.34. The monoisotopic (exact) mass is 501 g/mol. The molecule has 0 saturated carbocycles. The molecule has 0 radical (unpaired) electrons. The third-order valence-corrected chi connectivity index (χ3v) is 6.94. The third-order valence-electron chi connectivity index (χ3n) is 6.94. The summed E-state index contributed by atoms with van der Waals surface area (Å²) in [4.78, 5) is 19.8. The topological polar surface area (TPSA) is 122 Å². The molecule has 0 atom stereocenters. The van der Waals surface area contributed by atoms with Crippen LogP contribution in [0.4, 0.5) is 11.6 Å². The Morgan fingerprint density at radius 1 is 0.921 bits per heavy atom. The van der Waals surface area contributed by atoms with Gasteiger partial charge in [-0.15, -0.1) is 0 Å². The van der Waals surface area contributed by atoms with Gasteiger partial charge in [-0.3, -0.25) is 9.47 Å². The molecule has 1 saturated heterocycles. The van der Waals surface area contributed by atoms with E-state index in [1.807, 2.05) is 42.5 Å². The minimum atomic E-state index is 0.190. The van der Waals surface area contributed by atoms with Crippen LogP contribution in [-0.4, -0.2) is 48.5 Å². The summed E-state index contributed by atoms with van der Waals surface area (Å²) in [5.74, 6) is 2.15. The molecule has 9 heteroatoms. The predicted molar refractivity (Wildman–Crippen MR) is 147 cm³/mol. The van der Waals surface area contributed by atoms with Crippen LogP contribution in [0.5, 0.6) is 0 Å². The first-order valence-electron chi connectivity index (χ1n) is 12.7. The van der Waals surface area contributed by atoms with Crippen LogP contribution in [0.25, 0.3) is 28.1 Å². The Balaban J connectivity index is 1.16. The van der Waals surface area contributed by atoms with Crippen molar-refractivity contribution in [1.29, 1.82) is 5.26 Å². The number of nitrogen functional groups attached to an aromatic ring is 1. The minimum absolute atomic E-state index is 0.190. The molecule has 1 fully saturated rings. The molecule has 188 valence electrons. The highest BCUT2D eigenvalue weighted by Gasteiger charge is 2.20. The zero-order valence-electron chi connectivity index (χ0n) is 20.8. The molecule has 0 unspecified atom stereocenters. The Hall–Kier alpha value is -4.81. The number of nitrogens with one attached hydrogen (secondary N) is 1. The van der Waals surface area contributed by atoms with Crippen LogP contribution in [0, 0.1) is 11.3 Å². The van der Waals surface area contributed by atoms with Crippen LogP contribution in [0.15, 0.2) is 79.1 Å². The molecule has 0 aliphatic carbocycles. The Labute approximate surface area is 220 Å². The lowest BCUT2D eigenvalue weighted by molar-refractivity contribution is 0.211. The Kier molecular flexibility index (Phi) is 6.38. The number of benzene rings is 2. The van der Waals surface area contributed by atoms with Crippen molar-refractivity contribution in [3.05, 3.63) is 90.5 Å². The van der Waals surface area contributed by atoms with E-state index in [4.69, 9.17) is 16.0 Å². The van der Waals surface area contributed by atoms with Gasteiger partial charge < -0.3 is 11.1 Å². The molecule has 6 rings (SSSR count). The van der Waals surface area contributed by atoms with E-state index in [2.05, 4.69) is 60.1 Å². The van der Waals surface area contributed by atoms with E-state index < -0.39 is 0 Å². The zero-order chi connectivity index (χ0) is 25.9. The minimum Gasteiger partial charge on any atom is -0.383 e. The van der Waals surface area contributed by atoms with Crippen molar-refractivity contribution in [1.82, 2.24) is 29.4 Å². The Morgan fingerprint density at radius 3 is 2.53 bits per heavy atom. The predicted octanol–water partition coefficient (Wildman–Crippen LogP) is 4.41. The molecule has 4 heterocycles. The summed E-state index contributed by atoms with van der Waals surface area (Å²) in [6, 6.07) is 24.8. The maximum atomic E-state index is 9.02. The largest absolute Gasteiger partial charge is 0.383 e. The van der Waals surface area contributed by atoms with E-state index in [9.17, 15) is 0 Å². The lowest BCUT2D eigenvalue weighted by Crippen LogP contribution is -2.38. The molecular weight excluding hydrogens is 474 g/mol. The first-order valence-corrected chi connectivity index (χ1v) is 12.7. The molecule has 3 N–H and O–H groups in total. The van der Waals surface area contributed by atoms with Crippen molar-refractivity contribution in [2.45, 2.75) is 25.4 Å². The molecule has 3 aromatic heterocycles. The quantitative estimate of drug-likeness (QED) is 0.351. The van der Waals surface area contributed by atoms with Gasteiger partial charge in [0.25, 0.3) is 0 Å². The first-order chi connectivity index (χ1) is 18.7. The van der Waals surface area contributed by atoms with Crippen LogP contribution in [-0.2, 0) is 6.54 Å². The molecule has 38 heavy (non-hydrogen) atoms. The number of para-hydroxylation sites is 2. The van der Waals surface area contributed by atoms with Crippen LogP contribution in [0.3, 0.4) is 0 Å². The van der Waals surface area contributed by atoms with Crippen LogP contribution >= 0.6 is 0 Å². The van der Waals surface area contributed by atoms with Gasteiger partial charge in [0.2, 0.25) is 5.82 Å². The number of likely N-dealkylation sites (tertiary alicyclic amines) is 1. The average Bonchev–Trinajstić information content (AvgIpc) is 3.34. The molecule has 1 aliphatic heterocycles. The highest BCUT2D eigenvalue weighted by atomic mass is 15.2. The summed E-state index contributed by atoms with van der Waals surface area (Å²) < 4.78 is 2.15. The van der Waals surface area contributed by atoms with Crippen molar-refractivity contribution >= 4 is 22.7 Å². The van der Waals surface area contributed by atoms with E-state index in [1.54, 1.807) is 12.4 Å². The number of piperidine rings is 1. The number of fused-ring (bicyclic) bond motifs is 1. The molecule has 0 spiro atoms. The maximum Gasteiger partial charge on any atom is 0.234 e. The van der Waals surface area contributed by atoms with E-state index in [0.717, 1.165) is 60.6 Å². The summed E-state index contributed by atoms with van der Waals surface area (Å²) in [7, 11) is 0. The fourth-order valence-electron chi connectivity index (χ4n) is 5.02. The second-order valence-electron chi connectivity index (χ2n) is 9.43. The standard InChI is InChI=1S/C29H27N9/c30-18-27-32-15-11-26(36-27)34-21-12-16-37(17-13-21)19-20-7-9-22(10-8-20)38-25-6-2-1-5-24(25)35-29(38)23-4-3-14-33-28(23)31/h1-11,14-15,21H,12-13,16-17,19H2,(H2,31,33)(H,32,34,36). The number of aromatic nitrogens is 5. The van der Waals surface area contributed by atoms with Gasteiger partial charge in [-0.2, -0.15) is 5.26 Å². The molecule has 9 nitrogen and oxygen atoms in total. The molecule has 0 amide bonds. The molecule has 1 aliphatic rings. The molecule has 2 aromatic carbocycles. The SMILES string of the molecule is N#Cc1nccc(NC2CCN(Cc3ccc(-n4c(-c5cccnc5N)nc5ccccc54)cc3)CC2)n1. The van der Waals surface area contributed by atoms with Crippen molar-refractivity contribution < 1.29 is 0 Å². The number of nitrogens with zero attached hydrogens (tertiary/aromatic N) is 7. The number of nitriles is 1. The number of anilines is 2. The normalized spacial score (nSPS) is 14.4. The highest BCUT2D eigenvalue weighted by molar-refractivity contribution is 5.85. The van der Waals surface area contributed by atoms with E-state index in [-0.39, 0.29) is 5.82 Å². The zero-order valence-corrected chi connectivity index (χ0v) is 20.8. The molecule has 0 bridgehead atoms. The van der Waals surface area contributed by atoms with Crippen molar-refractivity contribution in [2.24, 2.45) is 0 Å². The van der Waals surface area contributed by atoms with Crippen molar-refractivity contribution in [3.8, 4) is 23.1 Å². The van der Waals surface area contributed by atoms with Gasteiger partial charge in [-0.05, 0) is 60.9 Å². The van der Waals surface area contributed by atoms with Gasteiger partial charge in [0.05, 0.1) is 16.6 Å². The summed E-state index contributed by atoms with van der Waals surface area (Å²) >= 11 is 0. The van der Waals surface area contributed by atoms with Gasteiger partial charge in [0.1, 0.15) is 23.5 Å². The van der Waals surface area contributed by atoms with E-state index in [1.165, 1.54) is 5.56 Å². The van der Waals surface area contributed by atoms with E-state index >= 15 is 0 Å². The Morgan fingerprint density at radius 2 is 1.74 bits per heavy atom. The summed E-state index contributed by atoms with van der Waals surface area (Å²) in [6.45, 7) is 2.88. The number of hydrogen-bond donors (Lipinski definition) is 2. The van der Waals surface area contributed by atoms with Crippen LogP contribution < -0.4 is 11.1 Å². The van der Waals surface area contributed by atoms with Gasteiger partial charge >= 0.3 is 0 Å². The van der Waals surface area contributed by atoms with E-state index in [0.29, 0.717) is 17.7 Å². The number of rotatable bonds is 6. The van der Waals surface area contributed by atoms with Crippen molar-refractivity contribution in [3.63, 3.8) is 0 Å². The first kappa shape index (κ1) is 23.6. The third kappa shape index (κ3) is 4.77. The second kappa shape index (κ2) is 10.3. The number of hydrogen-bond acceptors (Lipinski definition) is 8. The second-order valence-corrected chi connectivity index (χ2v) is 9.43. The smallest absolute Gasteiger partial charge is 0.234 e. The highest BCUT2D eigenvalue weighted by Crippen LogP contribution is 2.31. The number of nitrogens with two attached hydrogens (primary N) is 1. The lowest BCUT2D eigenvalue weighted by atomic mass is 10.0. The van der Waals surface area contributed by atoms with Gasteiger partial charge in [-0.25, -0.2) is 19.9 Å². The maximum absolute atomic E-state index is 9.02. The van der Waals surface area contributed by atoms with Crippen LogP contribution in [0.2, 0.25) is 0 Å². The van der Waals surface area contributed by atoms with Gasteiger partial charge in [0.15, 0.2) is 0 Å². The Bertz CT molecular complexity index is 1610. The lowest BCUT2D eigenvalue weighted by Gasteiger charge is -2.32. The van der Waals surface area contributed by atoms with Crippen molar-refractivity contribution in [2.75, 3.05) is 24.1 Å². The fraction of sp³-hybridized carbons (Fsp3) is 0.207. The average molecular weight is 502 g/mol. The molecule has 5 aromatic rings. The summed E-state index contributed by atoms with van der Waals surface area (Å²) in [5.41, 5.74) is 11.3. The number of pyridine rings is 1. The van der Waals surface area contributed by atoms with Crippen LogP contribution in [0.1, 0.15) is 24.2 Å². The van der Waals surface area contributed by atoms with Gasteiger partial charge in [0, 0.05) is 43.8 Å². The summed E-state index contributed by atoms with van der Waals surface area (Å²) in [5, 5.41) is 12.5. The molecular formula is C29H27N9. The van der Waals surface area contributed by atoms with Gasteiger partial charge in [-0.1, -0.05) is 24.3 Å².